The number of hydrogen-bond donors (Lipinski definition) is 0. The van der Waals surface area contributed by atoms with Crippen molar-refractivity contribution in [2.24, 2.45) is 0 Å². The quantitative estimate of drug-likeness (QED) is 0.539. The first-order valence-electron chi connectivity index (χ1n) is 7.90. The third kappa shape index (κ3) is 3.30. The lowest BCUT2D eigenvalue weighted by molar-refractivity contribution is 0.243. The molecule has 3 aromatic carbocycles. The molecular formula is C20H16N2O3. The first-order valence-corrected chi connectivity index (χ1v) is 7.90. The molecule has 1 heterocycles. The largest absolute Gasteiger partial charge is 0.497 e. The molecule has 5 nitrogen and oxygen atoms in total. The summed E-state index contributed by atoms with van der Waals surface area (Å²) in [6, 6.07) is 21.6. The molecule has 0 aliphatic heterocycles. The van der Waals surface area contributed by atoms with Gasteiger partial charge in [0.1, 0.15) is 11.5 Å². The fourth-order valence-corrected chi connectivity index (χ4v) is 2.60. The Bertz CT molecular complexity index is 1010. The fraction of sp³-hybridized carbons (Fsp3) is 0.100. The highest BCUT2D eigenvalue weighted by Crippen LogP contribution is 2.23. The number of benzene rings is 3. The first-order chi connectivity index (χ1) is 12.3. The SMILES string of the molecule is COc1cccc(-c2noc(COc3ccc4ccccc4c3)n2)c1. The Morgan fingerprint density at radius 3 is 2.64 bits per heavy atom. The fourth-order valence-electron chi connectivity index (χ4n) is 2.60. The Labute approximate surface area is 144 Å². The maximum Gasteiger partial charge on any atom is 0.264 e. The lowest BCUT2D eigenvalue weighted by Crippen LogP contribution is -1.95. The van der Waals surface area contributed by atoms with Crippen LogP contribution < -0.4 is 9.47 Å². The number of ether oxygens (including phenoxy) is 2. The van der Waals surface area contributed by atoms with Gasteiger partial charge in [0.05, 0.1) is 7.11 Å². The van der Waals surface area contributed by atoms with E-state index < -0.39 is 0 Å². The van der Waals surface area contributed by atoms with Crippen LogP contribution in [0, 0.1) is 0 Å². The molecule has 5 heteroatoms. The minimum atomic E-state index is 0.218. The van der Waals surface area contributed by atoms with E-state index in [0.29, 0.717) is 11.7 Å². The molecule has 0 radical (unpaired) electrons. The van der Waals surface area contributed by atoms with E-state index in [4.69, 9.17) is 14.0 Å². The molecule has 0 spiro atoms. The summed E-state index contributed by atoms with van der Waals surface area (Å²) in [6.45, 7) is 0.218. The third-order valence-corrected chi connectivity index (χ3v) is 3.88. The summed E-state index contributed by atoms with van der Waals surface area (Å²) < 4.78 is 16.3. The van der Waals surface area contributed by atoms with Crippen molar-refractivity contribution in [3.63, 3.8) is 0 Å². The smallest absolute Gasteiger partial charge is 0.264 e. The van der Waals surface area contributed by atoms with Gasteiger partial charge in [-0.05, 0) is 35.0 Å². The standard InChI is InChI=1S/C20H16N2O3/c1-23-17-8-4-7-16(12-17)20-21-19(25-22-20)13-24-18-10-9-14-5-2-3-6-15(14)11-18/h2-12H,13H2,1H3. The molecule has 0 bridgehead atoms. The molecule has 0 fully saturated rings. The predicted octanol–water partition coefficient (Wildman–Crippen LogP) is 4.48. The molecule has 0 atom stereocenters. The number of hydrogen-bond acceptors (Lipinski definition) is 5. The van der Waals surface area contributed by atoms with Crippen LogP contribution in [0.3, 0.4) is 0 Å². The van der Waals surface area contributed by atoms with Gasteiger partial charge >= 0.3 is 0 Å². The number of nitrogens with zero attached hydrogens (tertiary/aromatic N) is 2. The van der Waals surface area contributed by atoms with Crippen LogP contribution in [-0.4, -0.2) is 17.3 Å². The average Bonchev–Trinajstić information content (AvgIpc) is 3.15. The molecule has 0 saturated carbocycles. The Morgan fingerprint density at radius 2 is 1.76 bits per heavy atom. The van der Waals surface area contributed by atoms with Crippen molar-refractivity contribution in [2.45, 2.75) is 6.61 Å². The Morgan fingerprint density at radius 1 is 0.880 bits per heavy atom. The molecule has 0 unspecified atom stereocenters. The van der Waals surface area contributed by atoms with E-state index in [2.05, 4.69) is 22.3 Å². The molecule has 0 aliphatic rings. The number of methoxy groups -OCH3 is 1. The maximum absolute atomic E-state index is 5.77. The van der Waals surface area contributed by atoms with Gasteiger partial charge in [-0.2, -0.15) is 4.98 Å². The van der Waals surface area contributed by atoms with E-state index in [9.17, 15) is 0 Å². The highest BCUT2D eigenvalue weighted by molar-refractivity contribution is 5.83. The Hall–Kier alpha value is -3.34. The van der Waals surface area contributed by atoms with Crippen molar-refractivity contribution >= 4 is 10.8 Å². The van der Waals surface area contributed by atoms with Crippen LogP contribution in [0.2, 0.25) is 0 Å². The maximum atomic E-state index is 5.77. The normalized spacial score (nSPS) is 10.8. The van der Waals surface area contributed by atoms with E-state index in [-0.39, 0.29) is 6.61 Å². The van der Waals surface area contributed by atoms with Crippen LogP contribution in [0.15, 0.2) is 71.3 Å². The lowest BCUT2D eigenvalue weighted by Gasteiger charge is -2.04. The van der Waals surface area contributed by atoms with Crippen molar-refractivity contribution in [3.8, 4) is 22.9 Å². The van der Waals surface area contributed by atoms with Gasteiger partial charge in [0, 0.05) is 5.56 Å². The second kappa shape index (κ2) is 6.65. The minimum Gasteiger partial charge on any atom is -0.497 e. The van der Waals surface area contributed by atoms with Gasteiger partial charge in [0.15, 0.2) is 6.61 Å². The van der Waals surface area contributed by atoms with Gasteiger partial charge < -0.3 is 14.0 Å². The van der Waals surface area contributed by atoms with Crippen molar-refractivity contribution in [3.05, 3.63) is 72.6 Å². The van der Waals surface area contributed by atoms with Crippen LogP contribution in [-0.2, 0) is 6.61 Å². The topological polar surface area (TPSA) is 57.4 Å². The number of aromatic nitrogens is 2. The number of fused-ring (bicyclic) bond motifs is 1. The van der Waals surface area contributed by atoms with Gasteiger partial charge in [0.2, 0.25) is 5.82 Å². The molecule has 4 rings (SSSR count). The van der Waals surface area contributed by atoms with E-state index in [0.717, 1.165) is 22.4 Å². The zero-order chi connectivity index (χ0) is 17.1. The summed E-state index contributed by atoms with van der Waals surface area (Å²) >= 11 is 0. The van der Waals surface area contributed by atoms with Crippen molar-refractivity contribution in [1.29, 1.82) is 0 Å². The summed E-state index contributed by atoms with van der Waals surface area (Å²) in [4.78, 5) is 4.37. The van der Waals surface area contributed by atoms with Gasteiger partial charge in [-0.15, -0.1) is 0 Å². The first kappa shape index (κ1) is 15.2. The molecular weight excluding hydrogens is 316 g/mol. The Balaban J connectivity index is 1.48. The van der Waals surface area contributed by atoms with Crippen molar-refractivity contribution in [2.75, 3.05) is 7.11 Å². The highest BCUT2D eigenvalue weighted by Gasteiger charge is 2.10. The van der Waals surface area contributed by atoms with E-state index in [1.807, 2.05) is 54.6 Å². The molecule has 0 N–H and O–H groups in total. The van der Waals surface area contributed by atoms with Gasteiger partial charge in [0.25, 0.3) is 5.89 Å². The summed E-state index contributed by atoms with van der Waals surface area (Å²) in [5.41, 5.74) is 0.833. The van der Waals surface area contributed by atoms with E-state index in [1.54, 1.807) is 7.11 Å². The lowest BCUT2D eigenvalue weighted by atomic mass is 10.1. The second-order valence-electron chi connectivity index (χ2n) is 5.54. The minimum absolute atomic E-state index is 0.218. The Kier molecular flexibility index (Phi) is 4.04. The van der Waals surface area contributed by atoms with Crippen molar-refractivity contribution in [1.82, 2.24) is 10.1 Å². The van der Waals surface area contributed by atoms with Crippen LogP contribution in [0.4, 0.5) is 0 Å². The van der Waals surface area contributed by atoms with Gasteiger partial charge in [-0.1, -0.05) is 47.6 Å². The zero-order valence-corrected chi connectivity index (χ0v) is 13.7. The van der Waals surface area contributed by atoms with Crippen LogP contribution in [0.1, 0.15) is 5.89 Å². The summed E-state index contributed by atoms with van der Waals surface area (Å²) in [7, 11) is 1.62. The molecule has 0 saturated heterocycles. The monoisotopic (exact) mass is 332 g/mol. The summed E-state index contributed by atoms with van der Waals surface area (Å²) in [5.74, 6) is 2.44. The third-order valence-electron chi connectivity index (χ3n) is 3.88. The molecule has 0 aliphatic carbocycles. The summed E-state index contributed by atoms with van der Waals surface area (Å²) in [5, 5.41) is 6.30. The van der Waals surface area contributed by atoms with Crippen molar-refractivity contribution < 1.29 is 14.0 Å². The number of rotatable bonds is 5. The van der Waals surface area contributed by atoms with Crippen LogP contribution >= 0.6 is 0 Å². The second-order valence-corrected chi connectivity index (χ2v) is 5.54. The van der Waals surface area contributed by atoms with Crippen LogP contribution in [0.25, 0.3) is 22.2 Å². The molecule has 25 heavy (non-hydrogen) atoms. The van der Waals surface area contributed by atoms with E-state index in [1.165, 1.54) is 5.39 Å². The highest BCUT2D eigenvalue weighted by atomic mass is 16.5. The summed E-state index contributed by atoms with van der Waals surface area (Å²) in [6.07, 6.45) is 0. The van der Waals surface area contributed by atoms with Gasteiger partial charge in [-0.3, -0.25) is 0 Å². The molecule has 1 aromatic heterocycles. The molecule has 0 amide bonds. The van der Waals surface area contributed by atoms with E-state index >= 15 is 0 Å². The molecule has 4 aromatic rings. The molecule has 124 valence electrons. The predicted molar refractivity (Wildman–Crippen MR) is 94.6 cm³/mol. The van der Waals surface area contributed by atoms with Gasteiger partial charge in [-0.25, -0.2) is 0 Å². The zero-order valence-electron chi connectivity index (χ0n) is 13.7. The van der Waals surface area contributed by atoms with Crippen LogP contribution in [0.5, 0.6) is 11.5 Å². The average molecular weight is 332 g/mol.